The molecule has 1 aliphatic rings. The summed E-state index contributed by atoms with van der Waals surface area (Å²) in [6, 6.07) is 13.5. The Morgan fingerprint density at radius 3 is 2.67 bits per heavy atom. The Kier molecular flexibility index (Phi) is 2.71. The zero-order valence-electron chi connectivity index (χ0n) is 11.0. The van der Waals surface area contributed by atoms with Gasteiger partial charge in [-0.25, -0.2) is 0 Å². The molecule has 1 nitrogen and oxygen atoms in total. The van der Waals surface area contributed by atoms with E-state index in [0.29, 0.717) is 0 Å². The van der Waals surface area contributed by atoms with E-state index in [1.165, 1.54) is 33.4 Å². The molecule has 2 aromatic carbocycles. The molecular weight excluding hydrogens is 218 g/mol. The minimum Gasteiger partial charge on any atom is -0.324 e. The van der Waals surface area contributed by atoms with Gasteiger partial charge in [0.15, 0.2) is 0 Å². The Labute approximate surface area is 109 Å². The lowest BCUT2D eigenvalue weighted by Gasteiger charge is -2.12. The molecule has 0 aliphatic heterocycles. The molecule has 0 radical (unpaired) electrons. The standard InChI is InChI=1S/C17H19N/c1-11-6-7-13(12(2)10-11)14-4-3-5-16-15(14)8-9-17(16)18/h3-7,10,17H,8-9,18H2,1-2H3. The highest BCUT2D eigenvalue weighted by Gasteiger charge is 2.22. The van der Waals surface area contributed by atoms with Crippen LogP contribution < -0.4 is 5.73 Å². The zero-order valence-corrected chi connectivity index (χ0v) is 11.0. The van der Waals surface area contributed by atoms with Crippen molar-refractivity contribution in [2.75, 3.05) is 0 Å². The number of hydrogen-bond acceptors (Lipinski definition) is 1. The summed E-state index contributed by atoms with van der Waals surface area (Å²) in [5.41, 5.74) is 14.3. The van der Waals surface area contributed by atoms with Gasteiger partial charge in [-0.2, -0.15) is 0 Å². The number of hydrogen-bond donors (Lipinski definition) is 1. The largest absolute Gasteiger partial charge is 0.324 e. The molecule has 18 heavy (non-hydrogen) atoms. The van der Waals surface area contributed by atoms with Crippen molar-refractivity contribution in [1.82, 2.24) is 0 Å². The fourth-order valence-corrected chi connectivity index (χ4v) is 3.05. The van der Waals surface area contributed by atoms with Crippen LogP contribution in [0, 0.1) is 13.8 Å². The summed E-state index contributed by atoms with van der Waals surface area (Å²) < 4.78 is 0. The van der Waals surface area contributed by atoms with Crippen molar-refractivity contribution >= 4 is 0 Å². The molecule has 0 heterocycles. The molecule has 1 atom stereocenters. The molecule has 1 aliphatic carbocycles. The maximum Gasteiger partial charge on any atom is 0.0300 e. The minimum absolute atomic E-state index is 0.228. The molecule has 2 aromatic rings. The number of fused-ring (bicyclic) bond motifs is 1. The van der Waals surface area contributed by atoms with E-state index in [4.69, 9.17) is 5.73 Å². The second-order valence-electron chi connectivity index (χ2n) is 5.34. The van der Waals surface area contributed by atoms with Crippen molar-refractivity contribution in [3.8, 4) is 11.1 Å². The molecule has 0 saturated carbocycles. The van der Waals surface area contributed by atoms with Gasteiger partial charge in [-0.3, -0.25) is 0 Å². The zero-order chi connectivity index (χ0) is 12.7. The van der Waals surface area contributed by atoms with Crippen molar-refractivity contribution in [3.63, 3.8) is 0 Å². The summed E-state index contributed by atoms with van der Waals surface area (Å²) in [7, 11) is 0. The fraction of sp³-hybridized carbons (Fsp3) is 0.294. The van der Waals surface area contributed by atoms with Gasteiger partial charge in [0.1, 0.15) is 0 Å². The van der Waals surface area contributed by atoms with Crippen LogP contribution in [0.2, 0.25) is 0 Å². The highest BCUT2D eigenvalue weighted by molar-refractivity contribution is 5.73. The second kappa shape index (κ2) is 4.25. The van der Waals surface area contributed by atoms with Crippen LogP contribution in [0.5, 0.6) is 0 Å². The maximum atomic E-state index is 6.16. The van der Waals surface area contributed by atoms with E-state index in [2.05, 4.69) is 50.2 Å². The van der Waals surface area contributed by atoms with Crippen LogP contribution in [0.4, 0.5) is 0 Å². The number of benzene rings is 2. The topological polar surface area (TPSA) is 26.0 Å². The van der Waals surface area contributed by atoms with E-state index in [9.17, 15) is 0 Å². The average Bonchev–Trinajstić information content (AvgIpc) is 2.72. The van der Waals surface area contributed by atoms with Crippen molar-refractivity contribution in [2.24, 2.45) is 5.73 Å². The number of rotatable bonds is 1. The van der Waals surface area contributed by atoms with E-state index in [1.54, 1.807) is 0 Å². The Bertz CT molecular complexity index is 599. The lowest BCUT2D eigenvalue weighted by Crippen LogP contribution is -2.05. The number of nitrogens with two attached hydrogens (primary N) is 1. The molecule has 3 rings (SSSR count). The first-order valence-electron chi connectivity index (χ1n) is 6.62. The molecule has 0 bridgehead atoms. The van der Waals surface area contributed by atoms with Gasteiger partial charge >= 0.3 is 0 Å². The molecule has 1 heteroatoms. The molecule has 92 valence electrons. The Hall–Kier alpha value is -1.60. The summed E-state index contributed by atoms with van der Waals surface area (Å²) in [5, 5.41) is 0. The van der Waals surface area contributed by atoms with Crippen LogP contribution in [0.3, 0.4) is 0 Å². The van der Waals surface area contributed by atoms with Gasteiger partial charge in [0.05, 0.1) is 0 Å². The smallest absolute Gasteiger partial charge is 0.0300 e. The Morgan fingerprint density at radius 1 is 1.06 bits per heavy atom. The summed E-state index contributed by atoms with van der Waals surface area (Å²) in [6.07, 6.45) is 2.19. The normalized spacial score (nSPS) is 17.8. The first kappa shape index (κ1) is 11.5. The minimum atomic E-state index is 0.228. The number of aryl methyl sites for hydroxylation is 2. The molecule has 2 N–H and O–H groups in total. The van der Waals surface area contributed by atoms with E-state index in [0.717, 1.165) is 12.8 Å². The van der Waals surface area contributed by atoms with Crippen LogP contribution in [0.1, 0.15) is 34.7 Å². The molecule has 0 amide bonds. The predicted molar refractivity (Wildman–Crippen MR) is 76.6 cm³/mol. The lowest BCUT2D eigenvalue weighted by molar-refractivity contribution is 0.713. The van der Waals surface area contributed by atoms with Crippen molar-refractivity contribution in [2.45, 2.75) is 32.7 Å². The molecule has 0 aromatic heterocycles. The SMILES string of the molecule is Cc1ccc(-c2cccc3c2CCC3N)c(C)c1. The average molecular weight is 237 g/mol. The molecule has 1 unspecified atom stereocenters. The Morgan fingerprint density at radius 2 is 1.89 bits per heavy atom. The highest BCUT2D eigenvalue weighted by atomic mass is 14.6. The van der Waals surface area contributed by atoms with Gasteiger partial charge in [-0.1, -0.05) is 42.0 Å². The van der Waals surface area contributed by atoms with Crippen LogP contribution >= 0.6 is 0 Å². The first-order valence-corrected chi connectivity index (χ1v) is 6.62. The van der Waals surface area contributed by atoms with Crippen LogP contribution in [-0.2, 0) is 6.42 Å². The maximum absolute atomic E-state index is 6.16. The van der Waals surface area contributed by atoms with Crippen molar-refractivity contribution < 1.29 is 0 Å². The van der Waals surface area contributed by atoms with Gasteiger partial charge in [0, 0.05) is 6.04 Å². The monoisotopic (exact) mass is 237 g/mol. The van der Waals surface area contributed by atoms with Crippen molar-refractivity contribution in [3.05, 3.63) is 58.7 Å². The van der Waals surface area contributed by atoms with E-state index < -0.39 is 0 Å². The molecule has 0 saturated heterocycles. The van der Waals surface area contributed by atoms with Gasteiger partial charge in [0.2, 0.25) is 0 Å². The molecule has 0 spiro atoms. The highest BCUT2D eigenvalue weighted by Crippen LogP contribution is 2.37. The van der Waals surface area contributed by atoms with Gasteiger partial charge < -0.3 is 5.73 Å². The first-order chi connectivity index (χ1) is 8.66. The quantitative estimate of drug-likeness (QED) is 0.799. The van der Waals surface area contributed by atoms with Crippen LogP contribution in [0.25, 0.3) is 11.1 Å². The molecule has 0 fully saturated rings. The fourth-order valence-electron chi connectivity index (χ4n) is 3.05. The third-order valence-electron chi connectivity index (χ3n) is 3.99. The van der Waals surface area contributed by atoms with E-state index in [-0.39, 0.29) is 6.04 Å². The van der Waals surface area contributed by atoms with Crippen LogP contribution in [-0.4, -0.2) is 0 Å². The third-order valence-corrected chi connectivity index (χ3v) is 3.99. The van der Waals surface area contributed by atoms with E-state index in [1.807, 2.05) is 0 Å². The summed E-state index contributed by atoms with van der Waals surface area (Å²) in [6.45, 7) is 4.33. The van der Waals surface area contributed by atoms with Crippen LogP contribution in [0.15, 0.2) is 36.4 Å². The second-order valence-corrected chi connectivity index (χ2v) is 5.34. The van der Waals surface area contributed by atoms with Gasteiger partial charge in [-0.05, 0) is 54.5 Å². The van der Waals surface area contributed by atoms with Crippen molar-refractivity contribution in [1.29, 1.82) is 0 Å². The summed E-state index contributed by atoms with van der Waals surface area (Å²) in [4.78, 5) is 0. The van der Waals surface area contributed by atoms with Gasteiger partial charge in [0.25, 0.3) is 0 Å². The van der Waals surface area contributed by atoms with Gasteiger partial charge in [-0.15, -0.1) is 0 Å². The predicted octanol–water partition coefficient (Wildman–Crippen LogP) is 3.92. The summed E-state index contributed by atoms with van der Waals surface area (Å²) >= 11 is 0. The third kappa shape index (κ3) is 1.75. The molecular formula is C17H19N. The van der Waals surface area contributed by atoms with E-state index >= 15 is 0 Å². The Balaban J connectivity index is 2.19. The lowest BCUT2D eigenvalue weighted by atomic mass is 9.93. The summed E-state index contributed by atoms with van der Waals surface area (Å²) in [5.74, 6) is 0.